The average Bonchev–Trinajstić information content (AvgIpc) is 3.00. The SMILES string of the molecule is O=C(Cc1cncs1)Cn1cnc2ccccc21. The number of nitrogens with zero attached hydrogens (tertiary/aromatic N) is 3. The summed E-state index contributed by atoms with van der Waals surface area (Å²) in [5, 5.41) is 0. The molecule has 0 amide bonds. The van der Waals surface area contributed by atoms with Crippen molar-refractivity contribution in [2.24, 2.45) is 0 Å². The molecule has 0 spiro atoms. The van der Waals surface area contributed by atoms with Crippen molar-refractivity contribution in [3.8, 4) is 0 Å². The number of thiazole rings is 1. The Morgan fingerprint density at radius 3 is 3.06 bits per heavy atom. The Bertz CT molecular complexity index is 672. The first-order valence-electron chi connectivity index (χ1n) is 5.62. The Kier molecular flexibility index (Phi) is 2.90. The van der Waals surface area contributed by atoms with Gasteiger partial charge in [0.15, 0.2) is 5.78 Å². The van der Waals surface area contributed by atoms with Gasteiger partial charge in [-0.15, -0.1) is 11.3 Å². The Labute approximate surface area is 108 Å². The molecule has 4 nitrogen and oxygen atoms in total. The van der Waals surface area contributed by atoms with Crippen LogP contribution in [0.5, 0.6) is 0 Å². The van der Waals surface area contributed by atoms with Crippen LogP contribution in [-0.2, 0) is 17.8 Å². The lowest BCUT2D eigenvalue weighted by Crippen LogP contribution is -2.11. The number of carbonyl (C=O) groups excluding carboxylic acids is 1. The van der Waals surface area contributed by atoms with Gasteiger partial charge in [0.25, 0.3) is 0 Å². The van der Waals surface area contributed by atoms with Gasteiger partial charge in [-0.1, -0.05) is 12.1 Å². The Morgan fingerprint density at radius 2 is 2.22 bits per heavy atom. The first-order chi connectivity index (χ1) is 8.83. The third-order valence-corrected chi connectivity index (χ3v) is 3.51. The van der Waals surface area contributed by atoms with Crippen molar-refractivity contribution in [1.82, 2.24) is 14.5 Å². The van der Waals surface area contributed by atoms with E-state index in [4.69, 9.17) is 0 Å². The summed E-state index contributed by atoms with van der Waals surface area (Å²) in [6.45, 7) is 0.360. The largest absolute Gasteiger partial charge is 0.323 e. The summed E-state index contributed by atoms with van der Waals surface area (Å²) in [7, 11) is 0. The molecule has 0 atom stereocenters. The monoisotopic (exact) mass is 257 g/mol. The van der Waals surface area contributed by atoms with E-state index >= 15 is 0 Å². The molecule has 0 unspecified atom stereocenters. The van der Waals surface area contributed by atoms with E-state index in [2.05, 4.69) is 9.97 Å². The summed E-state index contributed by atoms with van der Waals surface area (Å²) in [6, 6.07) is 7.81. The number of imidazole rings is 1. The highest BCUT2D eigenvalue weighted by molar-refractivity contribution is 7.09. The molecule has 2 heterocycles. The molecule has 0 aliphatic heterocycles. The topological polar surface area (TPSA) is 47.8 Å². The number of Topliss-reactive ketones (excluding diaryl/α,β-unsaturated/α-hetero) is 1. The highest BCUT2D eigenvalue weighted by atomic mass is 32.1. The molecule has 3 rings (SSSR count). The Hall–Kier alpha value is -2.01. The van der Waals surface area contributed by atoms with Crippen molar-refractivity contribution < 1.29 is 4.79 Å². The maximum absolute atomic E-state index is 12.0. The number of carbonyl (C=O) groups is 1. The van der Waals surface area contributed by atoms with Crippen molar-refractivity contribution in [2.45, 2.75) is 13.0 Å². The van der Waals surface area contributed by atoms with Crippen LogP contribution >= 0.6 is 11.3 Å². The van der Waals surface area contributed by atoms with Crippen molar-refractivity contribution in [2.75, 3.05) is 0 Å². The van der Waals surface area contributed by atoms with E-state index in [0.29, 0.717) is 13.0 Å². The van der Waals surface area contributed by atoms with E-state index in [1.165, 1.54) is 11.3 Å². The molecule has 0 saturated carbocycles. The zero-order valence-corrected chi connectivity index (χ0v) is 10.4. The van der Waals surface area contributed by atoms with Gasteiger partial charge >= 0.3 is 0 Å². The normalized spacial score (nSPS) is 10.9. The van der Waals surface area contributed by atoms with E-state index in [1.807, 2.05) is 28.8 Å². The molecule has 1 aromatic carbocycles. The molecule has 0 fully saturated rings. The van der Waals surface area contributed by atoms with Gasteiger partial charge in [-0.25, -0.2) is 4.98 Å². The van der Waals surface area contributed by atoms with Gasteiger partial charge in [0.2, 0.25) is 0 Å². The van der Waals surface area contributed by atoms with Crippen LogP contribution in [0.2, 0.25) is 0 Å². The van der Waals surface area contributed by atoms with Crippen LogP contribution in [0, 0.1) is 0 Å². The molecule has 90 valence electrons. The minimum atomic E-state index is 0.169. The fourth-order valence-corrected chi connectivity index (χ4v) is 2.53. The van der Waals surface area contributed by atoms with Crippen LogP contribution < -0.4 is 0 Å². The average molecular weight is 257 g/mol. The lowest BCUT2D eigenvalue weighted by atomic mass is 10.2. The lowest BCUT2D eigenvalue weighted by molar-refractivity contribution is -0.118. The van der Waals surface area contributed by atoms with E-state index < -0.39 is 0 Å². The summed E-state index contributed by atoms with van der Waals surface area (Å²) in [4.78, 5) is 21.2. The number of hydrogen-bond acceptors (Lipinski definition) is 4. The van der Waals surface area contributed by atoms with Crippen molar-refractivity contribution in [3.63, 3.8) is 0 Å². The Morgan fingerprint density at radius 1 is 1.33 bits per heavy atom. The van der Waals surface area contributed by atoms with E-state index in [9.17, 15) is 4.79 Å². The molecule has 3 aromatic rings. The maximum atomic E-state index is 12.0. The smallest absolute Gasteiger partial charge is 0.157 e. The molecule has 18 heavy (non-hydrogen) atoms. The molecular formula is C13H11N3OS. The first kappa shape index (κ1) is 11.1. The third kappa shape index (κ3) is 2.17. The molecule has 0 N–H and O–H groups in total. The van der Waals surface area contributed by atoms with Crippen LogP contribution in [-0.4, -0.2) is 20.3 Å². The van der Waals surface area contributed by atoms with Crippen LogP contribution in [0.25, 0.3) is 11.0 Å². The number of para-hydroxylation sites is 2. The zero-order chi connectivity index (χ0) is 12.4. The standard InChI is InChI=1S/C13H11N3OS/c17-10(5-11-6-14-9-18-11)7-16-8-15-12-3-1-2-4-13(12)16/h1-4,6,8-9H,5,7H2. The number of ketones is 1. The predicted octanol–water partition coefficient (Wildman–Crippen LogP) is 2.30. The fraction of sp³-hybridized carbons (Fsp3) is 0.154. The van der Waals surface area contributed by atoms with Crippen molar-refractivity contribution in [1.29, 1.82) is 0 Å². The number of hydrogen-bond donors (Lipinski definition) is 0. The quantitative estimate of drug-likeness (QED) is 0.720. The molecular weight excluding hydrogens is 246 g/mol. The molecule has 0 bridgehead atoms. The van der Waals surface area contributed by atoms with E-state index in [-0.39, 0.29) is 5.78 Å². The molecule has 0 saturated heterocycles. The van der Waals surface area contributed by atoms with Gasteiger partial charge in [0.05, 0.1) is 29.4 Å². The number of fused-ring (bicyclic) bond motifs is 1. The molecule has 0 radical (unpaired) electrons. The molecule has 0 aliphatic carbocycles. The van der Waals surface area contributed by atoms with Crippen LogP contribution in [0.4, 0.5) is 0 Å². The van der Waals surface area contributed by atoms with Gasteiger partial charge in [0.1, 0.15) is 0 Å². The van der Waals surface area contributed by atoms with Gasteiger partial charge in [-0.3, -0.25) is 9.78 Å². The van der Waals surface area contributed by atoms with E-state index in [1.54, 1.807) is 18.0 Å². The van der Waals surface area contributed by atoms with Crippen LogP contribution in [0.1, 0.15) is 4.88 Å². The van der Waals surface area contributed by atoms with Gasteiger partial charge < -0.3 is 4.57 Å². The maximum Gasteiger partial charge on any atom is 0.157 e. The highest BCUT2D eigenvalue weighted by Gasteiger charge is 2.08. The second-order valence-corrected chi connectivity index (χ2v) is 5.02. The molecule has 5 heteroatoms. The lowest BCUT2D eigenvalue weighted by Gasteiger charge is -2.02. The summed E-state index contributed by atoms with van der Waals surface area (Å²) < 4.78 is 1.89. The minimum Gasteiger partial charge on any atom is -0.323 e. The van der Waals surface area contributed by atoms with Crippen molar-refractivity contribution in [3.05, 3.63) is 47.2 Å². The number of benzene rings is 1. The highest BCUT2D eigenvalue weighted by Crippen LogP contribution is 2.13. The third-order valence-electron chi connectivity index (χ3n) is 2.73. The summed E-state index contributed by atoms with van der Waals surface area (Å²) in [6.07, 6.45) is 3.90. The molecule has 0 aliphatic rings. The summed E-state index contributed by atoms with van der Waals surface area (Å²) in [5.41, 5.74) is 3.66. The summed E-state index contributed by atoms with van der Waals surface area (Å²) >= 11 is 1.51. The predicted molar refractivity (Wildman–Crippen MR) is 70.6 cm³/mol. The minimum absolute atomic E-state index is 0.169. The second kappa shape index (κ2) is 4.70. The second-order valence-electron chi connectivity index (χ2n) is 4.04. The van der Waals surface area contributed by atoms with Crippen molar-refractivity contribution >= 4 is 28.2 Å². The van der Waals surface area contributed by atoms with Gasteiger partial charge in [-0.05, 0) is 12.1 Å². The Balaban J connectivity index is 1.78. The fourth-order valence-electron chi connectivity index (χ4n) is 1.91. The number of aromatic nitrogens is 3. The van der Waals surface area contributed by atoms with Gasteiger partial charge in [-0.2, -0.15) is 0 Å². The molecule has 2 aromatic heterocycles. The van der Waals surface area contributed by atoms with Crippen LogP contribution in [0.3, 0.4) is 0 Å². The first-order valence-corrected chi connectivity index (χ1v) is 6.50. The van der Waals surface area contributed by atoms with Crippen LogP contribution in [0.15, 0.2) is 42.3 Å². The van der Waals surface area contributed by atoms with E-state index in [0.717, 1.165) is 15.9 Å². The zero-order valence-electron chi connectivity index (χ0n) is 9.61. The number of rotatable bonds is 4. The van der Waals surface area contributed by atoms with Gasteiger partial charge in [0, 0.05) is 17.5 Å². The summed E-state index contributed by atoms with van der Waals surface area (Å²) in [5.74, 6) is 0.169.